The van der Waals surface area contributed by atoms with Crippen molar-refractivity contribution in [3.8, 4) is 0 Å². The number of piperazine rings is 1. The highest BCUT2D eigenvalue weighted by molar-refractivity contribution is 5.99. The zero-order valence-electron chi connectivity index (χ0n) is 16.2. The summed E-state index contributed by atoms with van der Waals surface area (Å²) < 4.78 is 5.08. The first-order chi connectivity index (χ1) is 13.2. The molecule has 1 aromatic carbocycles. The lowest BCUT2D eigenvalue weighted by molar-refractivity contribution is 0.0660. The van der Waals surface area contributed by atoms with Crippen molar-refractivity contribution in [2.45, 2.75) is 51.6 Å². The van der Waals surface area contributed by atoms with Crippen LogP contribution in [-0.4, -0.2) is 60.6 Å². The van der Waals surface area contributed by atoms with E-state index >= 15 is 0 Å². The third kappa shape index (κ3) is 3.62. The number of ether oxygens (including phenoxy) is 1. The molecule has 2 amide bonds. The lowest BCUT2D eigenvalue weighted by Crippen LogP contribution is -2.49. The summed E-state index contributed by atoms with van der Waals surface area (Å²) in [6, 6.07) is 6.70. The van der Waals surface area contributed by atoms with Gasteiger partial charge in [-0.3, -0.25) is 4.79 Å². The van der Waals surface area contributed by atoms with Crippen LogP contribution in [-0.2, 0) is 11.3 Å². The smallest absolute Gasteiger partial charge is 0.409 e. The SMILES string of the molecule is CCOC(=O)N1CCN(c2ccc3c(c2)C(=O)N(C2CCCCC2)C3)CC1. The first kappa shape index (κ1) is 18.1. The van der Waals surface area contributed by atoms with Crippen molar-refractivity contribution < 1.29 is 14.3 Å². The molecule has 1 saturated heterocycles. The van der Waals surface area contributed by atoms with Crippen LogP contribution in [0.4, 0.5) is 10.5 Å². The maximum absolute atomic E-state index is 13.0. The van der Waals surface area contributed by atoms with E-state index in [0.717, 1.165) is 49.3 Å². The second-order valence-electron chi connectivity index (χ2n) is 7.74. The van der Waals surface area contributed by atoms with Crippen molar-refractivity contribution in [3.63, 3.8) is 0 Å². The molecule has 1 aliphatic carbocycles. The Morgan fingerprint density at radius 1 is 1.11 bits per heavy atom. The Morgan fingerprint density at radius 2 is 1.85 bits per heavy atom. The summed E-state index contributed by atoms with van der Waals surface area (Å²) in [6.07, 6.45) is 5.82. The molecular weight excluding hydrogens is 342 g/mol. The predicted octanol–water partition coefficient (Wildman–Crippen LogP) is 3.25. The minimum Gasteiger partial charge on any atom is -0.450 e. The Balaban J connectivity index is 1.42. The average Bonchev–Trinajstić information content (AvgIpc) is 3.05. The van der Waals surface area contributed by atoms with Crippen molar-refractivity contribution in [2.24, 2.45) is 0 Å². The van der Waals surface area contributed by atoms with Gasteiger partial charge in [0.05, 0.1) is 6.61 Å². The summed E-state index contributed by atoms with van der Waals surface area (Å²) in [5.74, 6) is 0.198. The number of carbonyl (C=O) groups excluding carboxylic acids is 2. The molecule has 0 aromatic heterocycles. The third-order valence-electron chi connectivity index (χ3n) is 6.11. The van der Waals surface area contributed by atoms with Crippen LogP contribution in [0.5, 0.6) is 0 Å². The van der Waals surface area contributed by atoms with Gasteiger partial charge in [-0.25, -0.2) is 4.79 Å². The van der Waals surface area contributed by atoms with Gasteiger partial charge in [0, 0.05) is 50.0 Å². The minimum absolute atomic E-state index is 0.198. The summed E-state index contributed by atoms with van der Waals surface area (Å²) in [6.45, 7) is 5.82. The van der Waals surface area contributed by atoms with E-state index in [9.17, 15) is 9.59 Å². The zero-order chi connectivity index (χ0) is 18.8. The molecule has 0 bridgehead atoms. The van der Waals surface area contributed by atoms with Crippen LogP contribution in [0.3, 0.4) is 0 Å². The van der Waals surface area contributed by atoms with Crippen molar-refractivity contribution in [1.82, 2.24) is 9.80 Å². The molecule has 1 aromatic rings. The fourth-order valence-electron chi connectivity index (χ4n) is 4.56. The number of hydrogen-bond acceptors (Lipinski definition) is 4. The Labute approximate surface area is 161 Å². The molecule has 0 spiro atoms. The van der Waals surface area contributed by atoms with Gasteiger partial charge in [-0.05, 0) is 37.5 Å². The largest absolute Gasteiger partial charge is 0.450 e. The molecule has 2 heterocycles. The van der Waals surface area contributed by atoms with Gasteiger partial charge in [0.25, 0.3) is 5.91 Å². The molecule has 0 unspecified atom stereocenters. The topological polar surface area (TPSA) is 53.1 Å². The number of fused-ring (bicyclic) bond motifs is 1. The molecule has 1 saturated carbocycles. The van der Waals surface area contributed by atoms with E-state index in [1.54, 1.807) is 4.90 Å². The van der Waals surface area contributed by atoms with Gasteiger partial charge in [-0.2, -0.15) is 0 Å². The molecule has 0 radical (unpaired) electrons. The van der Waals surface area contributed by atoms with Crippen LogP contribution >= 0.6 is 0 Å². The summed E-state index contributed by atoms with van der Waals surface area (Å²) in [5.41, 5.74) is 3.10. The molecule has 3 aliphatic rings. The molecule has 4 rings (SSSR count). The van der Waals surface area contributed by atoms with E-state index in [2.05, 4.69) is 28.0 Å². The average molecular weight is 371 g/mol. The first-order valence-corrected chi connectivity index (χ1v) is 10.3. The number of nitrogens with zero attached hydrogens (tertiary/aromatic N) is 3. The molecule has 27 heavy (non-hydrogen) atoms. The number of rotatable bonds is 3. The molecule has 2 fully saturated rings. The lowest BCUT2D eigenvalue weighted by atomic mass is 9.94. The quantitative estimate of drug-likeness (QED) is 0.818. The highest BCUT2D eigenvalue weighted by Crippen LogP contribution is 2.33. The van der Waals surface area contributed by atoms with Gasteiger partial charge in [0.1, 0.15) is 0 Å². The second kappa shape index (κ2) is 7.79. The fraction of sp³-hybridized carbons (Fsp3) is 0.619. The molecule has 6 nitrogen and oxygen atoms in total. The Bertz CT molecular complexity index is 707. The summed E-state index contributed by atoms with van der Waals surface area (Å²) in [5, 5.41) is 0. The second-order valence-corrected chi connectivity index (χ2v) is 7.74. The number of amides is 2. The standard InChI is InChI=1S/C21H29N3O3/c1-2-27-21(26)23-12-10-22(11-13-23)18-9-8-16-15-24(20(25)19(16)14-18)17-6-4-3-5-7-17/h8-9,14,17H,2-7,10-13,15H2,1H3. The lowest BCUT2D eigenvalue weighted by Gasteiger charge is -2.35. The normalized spacial score (nSPS) is 20.8. The van der Waals surface area contributed by atoms with Gasteiger partial charge in [0.15, 0.2) is 0 Å². The highest BCUT2D eigenvalue weighted by atomic mass is 16.6. The zero-order valence-corrected chi connectivity index (χ0v) is 16.2. The van der Waals surface area contributed by atoms with Crippen LogP contribution in [0, 0.1) is 0 Å². The Morgan fingerprint density at radius 3 is 2.56 bits per heavy atom. The number of hydrogen-bond donors (Lipinski definition) is 0. The van der Waals surface area contributed by atoms with E-state index in [1.165, 1.54) is 19.3 Å². The monoisotopic (exact) mass is 371 g/mol. The van der Waals surface area contributed by atoms with Gasteiger partial charge in [-0.1, -0.05) is 25.3 Å². The maximum Gasteiger partial charge on any atom is 0.409 e. The highest BCUT2D eigenvalue weighted by Gasteiger charge is 2.34. The Kier molecular flexibility index (Phi) is 5.23. The van der Waals surface area contributed by atoms with Crippen LogP contribution in [0.2, 0.25) is 0 Å². The number of benzene rings is 1. The van der Waals surface area contributed by atoms with Gasteiger partial charge in [-0.15, -0.1) is 0 Å². The van der Waals surface area contributed by atoms with Crippen LogP contribution in [0.15, 0.2) is 18.2 Å². The van der Waals surface area contributed by atoms with Gasteiger partial charge in [0.2, 0.25) is 0 Å². The summed E-state index contributed by atoms with van der Waals surface area (Å²) in [7, 11) is 0. The minimum atomic E-state index is -0.232. The molecule has 146 valence electrons. The van der Waals surface area contributed by atoms with E-state index in [1.807, 2.05) is 6.92 Å². The summed E-state index contributed by atoms with van der Waals surface area (Å²) in [4.78, 5) is 30.9. The van der Waals surface area contributed by atoms with Crippen molar-refractivity contribution in [2.75, 3.05) is 37.7 Å². The Hall–Kier alpha value is -2.24. The van der Waals surface area contributed by atoms with Gasteiger partial charge >= 0.3 is 6.09 Å². The van der Waals surface area contributed by atoms with Crippen LogP contribution in [0.25, 0.3) is 0 Å². The van der Waals surface area contributed by atoms with Crippen LogP contribution in [0.1, 0.15) is 54.9 Å². The van der Waals surface area contributed by atoms with Gasteiger partial charge < -0.3 is 19.4 Å². The van der Waals surface area contributed by atoms with E-state index in [0.29, 0.717) is 25.7 Å². The van der Waals surface area contributed by atoms with E-state index in [-0.39, 0.29) is 12.0 Å². The van der Waals surface area contributed by atoms with E-state index in [4.69, 9.17) is 4.74 Å². The summed E-state index contributed by atoms with van der Waals surface area (Å²) >= 11 is 0. The molecule has 0 N–H and O–H groups in total. The van der Waals surface area contributed by atoms with Crippen molar-refractivity contribution >= 4 is 17.7 Å². The number of carbonyl (C=O) groups is 2. The van der Waals surface area contributed by atoms with E-state index < -0.39 is 0 Å². The first-order valence-electron chi connectivity index (χ1n) is 10.3. The predicted molar refractivity (Wildman–Crippen MR) is 104 cm³/mol. The number of anilines is 1. The molecule has 6 heteroatoms. The molecule has 2 aliphatic heterocycles. The van der Waals surface area contributed by atoms with Crippen molar-refractivity contribution in [3.05, 3.63) is 29.3 Å². The third-order valence-corrected chi connectivity index (χ3v) is 6.11. The van der Waals surface area contributed by atoms with Crippen LogP contribution < -0.4 is 4.90 Å². The maximum atomic E-state index is 13.0. The molecular formula is C21H29N3O3. The molecule has 0 atom stereocenters. The fourth-order valence-corrected chi connectivity index (χ4v) is 4.56. The van der Waals surface area contributed by atoms with Crippen molar-refractivity contribution in [1.29, 1.82) is 0 Å².